The minimum atomic E-state index is 0.215. The topological polar surface area (TPSA) is 57.0 Å². The molecule has 1 heterocycles. The molecule has 0 aliphatic heterocycles. The normalized spacial score (nSPS) is 10.7. The molecule has 0 saturated heterocycles. The van der Waals surface area contributed by atoms with E-state index in [1.165, 1.54) is 0 Å². The third-order valence-electron chi connectivity index (χ3n) is 4.07. The number of benzene rings is 2. The van der Waals surface area contributed by atoms with Crippen molar-refractivity contribution < 1.29 is 9.53 Å². The van der Waals surface area contributed by atoms with E-state index in [1.807, 2.05) is 66.1 Å². The standard InChI is InChI=1S/C21H23N3O2S/c1-16-9-6-7-13-19(16)26-15-20-22-23-21(27-14-8-10-17(2)25)24(20)18-11-4-3-5-12-18/h3-7,9,11-13H,8,10,14-15H2,1-2H3. The Hall–Kier alpha value is -2.60. The molecule has 0 aliphatic carbocycles. The lowest BCUT2D eigenvalue weighted by atomic mass is 10.2. The van der Waals surface area contributed by atoms with Crippen LogP contribution in [0.4, 0.5) is 0 Å². The van der Waals surface area contributed by atoms with Crippen LogP contribution in [0.15, 0.2) is 59.8 Å². The Bertz CT molecular complexity index is 893. The number of hydrogen-bond acceptors (Lipinski definition) is 5. The zero-order valence-electron chi connectivity index (χ0n) is 15.6. The number of aromatic nitrogens is 3. The summed E-state index contributed by atoms with van der Waals surface area (Å²) in [6.45, 7) is 3.98. The number of Topliss-reactive ketones (excluding diaryl/α,β-unsaturated/α-hetero) is 1. The third kappa shape index (κ3) is 5.20. The van der Waals surface area contributed by atoms with Gasteiger partial charge in [0.25, 0.3) is 0 Å². The second-order valence-electron chi connectivity index (χ2n) is 6.28. The minimum Gasteiger partial charge on any atom is -0.485 e. The zero-order chi connectivity index (χ0) is 19.1. The van der Waals surface area contributed by atoms with Crippen LogP contribution in [0.2, 0.25) is 0 Å². The van der Waals surface area contributed by atoms with Gasteiger partial charge in [0.05, 0.1) is 0 Å². The Morgan fingerprint density at radius 2 is 1.81 bits per heavy atom. The van der Waals surface area contributed by atoms with E-state index in [4.69, 9.17) is 4.74 Å². The fourth-order valence-electron chi connectivity index (χ4n) is 2.67. The number of aryl methyl sites for hydroxylation is 1. The molecule has 0 unspecified atom stereocenters. The van der Waals surface area contributed by atoms with Crippen LogP contribution in [0.1, 0.15) is 31.2 Å². The molecular weight excluding hydrogens is 358 g/mol. The van der Waals surface area contributed by atoms with E-state index in [0.717, 1.165) is 40.2 Å². The van der Waals surface area contributed by atoms with Crippen molar-refractivity contribution in [3.8, 4) is 11.4 Å². The highest BCUT2D eigenvalue weighted by Gasteiger charge is 2.15. The maximum Gasteiger partial charge on any atom is 0.195 e. The molecular formula is C21H23N3O2S. The predicted molar refractivity (Wildman–Crippen MR) is 108 cm³/mol. The fraction of sp³-hybridized carbons (Fsp3) is 0.286. The van der Waals surface area contributed by atoms with Crippen LogP contribution in [0.3, 0.4) is 0 Å². The molecule has 27 heavy (non-hydrogen) atoms. The van der Waals surface area contributed by atoms with Crippen LogP contribution in [0, 0.1) is 6.92 Å². The maximum absolute atomic E-state index is 11.1. The summed E-state index contributed by atoms with van der Waals surface area (Å²) >= 11 is 1.61. The fourth-order valence-corrected chi connectivity index (χ4v) is 3.58. The van der Waals surface area contributed by atoms with Crippen molar-refractivity contribution in [3.05, 3.63) is 66.0 Å². The Morgan fingerprint density at radius 3 is 2.56 bits per heavy atom. The Morgan fingerprint density at radius 1 is 1.07 bits per heavy atom. The molecule has 0 atom stereocenters. The van der Waals surface area contributed by atoms with Crippen molar-refractivity contribution in [2.75, 3.05) is 5.75 Å². The van der Waals surface area contributed by atoms with Crippen LogP contribution < -0.4 is 4.74 Å². The van der Waals surface area contributed by atoms with Crippen LogP contribution in [-0.4, -0.2) is 26.3 Å². The highest BCUT2D eigenvalue weighted by atomic mass is 32.2. The molecule has 0 radical (unpaired) electrons. The molecule has 0 fully saturated rings. The summed E-state index contributed by atoms with van der Waals surface area (Å²) in [7, 11) is 0. The van der Waals surface area contributed by atoms with Gasteiger partial charge in [0.1, 0.15) is 18.1 Å². The molecule has 6 heteroatoms. The van der Waals surface area contributed by atoms with Crippen molar-refractivity contribution in [1.82, 2.24) is 14.8 Å². The van der Waals surface area contributed by atoms with Crippen LogP contribution in [0.25, 0.3) is 5.69 Å². The number of thioether (sulfide) groups is 1. The second-order valence-corrected chi connectivity index (χ2v) is 7.34. The Labute approximate surface area is 163 Å². The minimum absolute atomic E-state index is 0.215. The van der Waals surface area contributed by atoms with E-state index in [1.54, 1.807) is 18.7 Å². The summed E-state index contributed by atoms with van der Waals surface area (Å²) in [4.78, 5) is 11.1. The van der Waals surface area contributed by atoms with Gasteiger partial charge in [0, 0.05) is 17.9 Å². The van der Waals surface area contributed by atoms with Crippen molar-refractivity contribution in [2.45, 2.75) is 38.5 Å². The predicted octanol–water partition coefficient (Wildman–Crippen LogP) is 4.62. The van der Waals surface area contributed by atoms with Gasteiger partial charge in [-0.3, -0.25) is 4.57 Å². The molecule has 0 saturated carbocycles. The Balaban J connectivity index is 1.79. The summed E-state index contributed by atoms with van der Waals surface area (Å²) < 4.78 is 8.00. The maximum atomic E-state index is 11.1. The average molecular weight is 382 g/mol. The molecule has 3 aromatic rings. The van der Waals surface area contributed by atoms with Crippen molar-refractivity contribution in [3.63, 3.8) is 0 Å². The molecule has 2 aromatic carbocycles. The number of ketones is 1. The van der Waals surface area contributed by atoms with E-state index in [2.05, 4.69) is 10.2 Å². The van der Waals surface area contributed by atoms with E-state index in [-0.39, 0.29) is 5.78 Å². The first-order chi connectivity index (χ1) is 13.1. The molecule has 3 rings (SSSR count). The van der Waals surface area contributed by atoms with Crippen LogP contribution in [-0.2, 0) is 11.4 Å². The number of para-hydroxylation sites is 2. The summed E-state index contributed by atoms with van der Waals surface area (Å²) in [5.41, 5.74) is 2.09. The molecule has 1 aromatic heterocycles. The molecule has 5 nitrogen and oxygen atoms in total. The monoisotopic (exact) mass is 381 g/mol. The van der Waals surface area contributed by atoms with Crippen LogP contribution in [0.5, 0.6) is 5.75 Å². The SMILES string of the molecule is CC(=O)CCCSc1nnc(COc2ccccc2C)n1-c1ccccc1. The van der Waals surface area contributed by atoms with Gasteiger partial charge >= 0.3 is 0 Å². The van der Waals surface area contributed by atoms with Crippen molar-refractivity contribution in [1.29, 1.82) is 0 Å². The van der Waals surface area contributed by atoms with Gasteiger partial charge in [0.15, 0.2) is 11.0 Å². The van der Waals surface area contributed by atoms with Gasteiger partial charge in [-0.05, 0) is 44.0 Å². The van der Waals surface area contributed by atoms with Gasteiger partial charge in [-0.25, -0.2) is 0 Å². The van der Waals surface area contributed by atoms with Gasteiger partial charge in [-0.1, -0.05) is 48.2 Å². The van der Waals surface area contributed by atoms with Gasteiger partial charge in [0.2, 0.25) is 0 Å². The first kappa shape index (κ1) is 19.2. The highest BCUT2D eigenvalue weighted by molar-refractivity contribution is 7.99. The largest absolute Gasteiger partial charge is 0.485 e. The third-order valence-corrected chi connectivity index (χ3v) is 5.08. The molecule has 0 N–H and O–H groups in total. The van der Waals surface area contributed by atoms with Gasteiger partial charge < -0.3 is 9.53 Å². The number of nitrogens with zero attached hydrogens (tertiary/aromatic N) is 3. The van der Waals surface area contributed by atoms with Gasteiger partial charge in [-0.2, -0.15) is 0 Å². The van der Waals surface area contributed by atoms with E-state index in [0.29, 0.717) is 13.0 Å². The Kier molecular flexibility index (Phi) is 6.65. The molecule has 0 aliphatic rings. The molecule has 140 valence electrons. The highest BCUT2D eigenvalue weighted by Crippen LogP contribution is 2.24. The number of hydrogen-bond donors (Lipinski definition) is 0. The van der Waals surface area contributed by atoms with Crippen molar-refractivity contribution >= 4 is 17.5 Å². The number of ether oxygens (including phenoxy) is 1. The molecule has 0 bridgehead atoms. The second kappa shape index (κ2) is 9.37. The van der Waals surface area contributed by atoms with Crippen LogP contribution >= 0.6 is 11.8 Å². The zero-order valence-corrected chi connectivity index (χ0v) is 16.4. The summed E-state index contributed by atoms with van der Waals surface area (Å²) in [5, 5.41) is 9.52. The summed E-state index contributed by atoms with van der Waals surface area (Å²) in [6, 6.07) is 17.9. The van der Waals surface area contributed by atoms with E-state index in [9.17, 15) is 4.79 Å². The summed E-state index contributed by atoms with van der Waals surface area (Å²) in [6.07, 6.45) is 1.42. The lowest BCUT2D eigenvalue weighted by Crippen LogP contribution is -2.07. The molecule has 0 amide bonds. The number of rotatable bonds is 9. The number of carbonyl (C=O) groups is 1. The average Bonchev–Trinajstić information content (AvgIpc) is 3.08. The first-order valence-electron chi connectivity index (χ1n) is 8.95. The smallest absolute Gasteiger partial charge is 0.195 e. The van der Waals surface area contributed by atoms with E-state index >= 15 is 0 Å². The molecule has 0 spiro atoms. The number of carbonyl (C=O) groups excluding carboxylic acids is 1. The van der Waals surface area contributed by atoms with Crippen molar-refractivity contribution in [2.24, 2.45) is 0 Å². The van der Waals surface area contributed by atoms with Gasteiger partial charge in [-0.15, -0.1) is 10.2 Å². The lowest BCUT2D eigenvalue weighted by Gasteiger charge is -2.12. The first-order valence-corrected chi connectivity index (χ1v) is 9.94. The summed E-state index contributed by atoms with van der Waals surface area (Å²) in [5.74, 6) is 2.63. The van der Waals surface area contributed by atoms with E-state index < -0.39 is 0 Å². The quantitative estimate of drug-likeness (QED) is 0.400. The lowest BCUT2D eigenvalue weighted by molar-refractivity contribution is -0.117.